The van der Waals surface area contributed by atoms with Crippen molar-refractivity contribution in [3.8, 4) is 51.8 Å². The smallest absolute Gasteiger partial charge is 0.101 e. The summed E-state index contributed by atoms with van der Waals surface area (Å²) in [6.45, 7) is 0. The van der Waals surface area contributed by atoms with Crippen molar-refractivity contribution in [1.82, 2.24) is 9.13 Å². The van der Waals surface area contributed by atoms with E-state index in [-0.39, 0.29) is 0 Å². The summed E-state index contributed by atoms with van der Waals surface area (Å²) in [4.78, 5) is 0. The Morgan fingerprint density at radius 3 is 1.46 bits per heavy atom. The number of nitriles is 3. The molecule has 0 unspecified atom stereocenters. The van der Waals surface area contributed by atoms with Gasteiger partial charge in [0.2, 0.25) is 0 Å². The Balaban J connectivity index is 1.16. The molecule has 7 aromatic carbocycles. The maximum Gasteiger partial charge on any atom is 0.101 e. The predicted octanol–water partition coefficient (Wildman–Crippen LogP) is 10.8. The van der Waals surface area contributed by atoms with Crippen molar-refractivity contribution in [2.45, 2.75) is 0 Å². The number of aromatic nitrogens is 2. The van der Waals surface area contributed by atoms with Gasteiger partial charge in [-0.15, -0.1) is 0 Å². The van der Waals surface area contributed by atoms with Crippen LogP contribution in [0.4, 0.5) is 0 Å². The predicted molar refractivity (Wildman–Crippen MR) is 200 cm³/mol. The van der Waals surface area contributed by atoms with Crippen LogP contribution >= 0.6 is 0 Å². The number of benzene rings is 7. The monoisotopic (exact) mass is 635 g/mol. The zero-order valence-corrected chi connectivity index (χ0v) is 26.7. The maximum absolute atomic E-state index is 10.4. The summed E-state index contributed by atoms with van der Waals surface area (Å²) in [5.74, 6) is 0. The number of fused-ring (bicyclic) bond motifs is 6. The molecule has 0 aliphatic carbocycles. The van der Waals surface area contributed by atoms with E-state index >= 15 is 0 Å². The first-order valence-corrected chi connectivity index (χ1v) is 16.3. The van der Waals surface area contributed by atoms with Gasteiger partial charge in [0.05, 0.1) is 56.6 Å². The summed E-state index contributed by atoms with van der Waals surface area (Å²) < 4.78 is 4.39. The Morgan fingerprint density at radius 2 is 0.880 bits per heavy atom. The Hall–Kier alpha value is -7.39. The molecule has 0 aliphatic heterocycles. The summed E-state index contributed by atoms with van der Waals surface area (Å²) in [5, 5.41) is 34.4. The first-order valence-electron chi connectivity index (χ1n) is 16.3. The Bertz CT molecular complexity index is 2890. The number of hydrogen-bond acceptors (Lipinski definition) is 3. The van der Waals surface area contributed by atoms with Gasteiger partial charge in [0.1, 0.15) is 6.07 Å². The molecule has 0 saturated heterocycles. The van der Waals surface area contributed by atoms with Gasteiger partial charge in [-0.25, -0.2) is 0 Å². The molecule has 9 rings (SSSR count). The van der Waals surface area contributed by atoms with Gasteiger partial charge in [0.15, 0.2) is 0 Å². The average molecular weight is 636 g/mol. The fourth-order valence-electron chi connectivity index (χ4n) is 7.37. The van der Waals surface area contributed by atoms with Crippen LogP contribution in [0.2, 0.25) is 0 Å². The number of rotatable bonds is 4. The summed E-state index contributed by atoms with van der Waals surface area (Å²) in [5.41, 5.74) is 11.1. The second-order valence-corrected chi connectivity index (χ2v) is 12.3. The third kappa shape index (κ3) is 4.38. The molecule has 0 saturated carbocycles. The fourth-order valence-corrected chi connectivity index (χ4v) is 7.37. The summed E-state index contributed by atoms with van der Waals surface area (Å²) in [6.07, 6.45) is 0. The van der Waals surface area contributed by atoms with Crippen molar-refractivity contribution in [2.24, 2.45) is 0 Å². The summed E-state index contributed by atoms with van der Waals surface area (Å²) >= 11 is 0. The highest BCUT2D eigenvalue weighted by molar-refractivity contribution is 6.11. The Morgan fingerprint density at radius 1 is 0.380 bits per heavy atom. The van der Waals surface area contributed by atoms with Crippen molar-refractivity contribution in [2.75, 3.05) is 0 Å². The molecule has 0 radical (unpaired) electrons. The fraction of sp³-hybridized carbons (Fsp3) is 0. The summed E-state index contributed by atoms with van der Waals surface area (Å²) in [6, 6.07) is 57.9. The lowest BCUT2D eigenvalue weighted by molar-refractivity contribution is 1.17. The third-order valence-electron chi connectivity index (χ3n) is 9.62. The van der Waals surface area contributed by atoms with Crippen molar-refractivity contribution < 1.29 is 0 Å². The van der Waals surface area contributed by atoms with Crippen LogP contribution in [0.15, 0.2) is 152 Å². The van der Waals surface area contributed by atoms with Crippen LogP contribution < -0.4 is 0 Å². The van der Waals surface area contributed by atoms with Gasteiger partial charge >= 0.3 is 0 Å². The molecule has 0 bridgehead atoms. The highest BCUT2D eigenvalue weighted by Gasteiger charge is 2.21. The second kappa shape index (κ2) is 11.4. The Kier molecular flexibility index (Phi) is 6.56. The summed E-state index contributed by atoms with van der Waals surface area (Å²) in [7, 11) is 0. The van der Waals surface area contributed by atoms with Crippen molar-refractivity contribution in [3.05, 3.63) is 168 Å². The van der Waals surface area contributed by atoms with Crippen LogP contribution in [0, 0.1) is 34.0 Å². The molecule has 0 atom stereocenters. The molecule has 2 aromatic heterocycles. The minimum absolute atomic E-state index is 0.399. The molecule has 230 valence electrons. The van der Waals surface area contributed by atoms with Gasteiger partial charge in [-0.3, -0.25) is 0 Å². The van der Waals surface area contributed by atoms with Gasteiger partial charge in [-0.2, -0.15) is 15.8 Å². The Labute approximate surface area is 287 Å². The van der Waals surface area contributed by atoms with Gasteiger partial charge in [0.25, 0.3) is 0 Å². The molecule has 0 N–H and O–H groups in total. The lowest BCUT2D eigenvalue weighted by Gasteiger charge is -2.17. The van der Waals surface area contributed by atoms with E-state index in [2.05, 4.69) is 124 Å². The molecule has 5 nitrogen and oxygen atoms in total. The van der Waals surface area contributed by atoms with E-state index in [9.17, 15) is 15.8 Å². The zero-order chi connectivity index (χ0) is 33.8. The molecule has 9 aromatic rings. The molecule has 2 heterocycles. The van der Waals surface area contributed by atoms with Gasteiger partial charge < -0.3 is 9.13 Å². The number of para-hydroxylation sites is 3. The molecule has 0 amide bonds. The third-order valence-corrected chi connectivity index (χ3v) is 9.62. The van der Waals surface area contributed by atoms with Gasteiger partial charge in [-0.05, 0) is 77.4 Å². The molecule has 0 aliphatic rings. The van der Waals surface area contributed by atoms with Crippen LogP contribution in [-0.4, -0.2) is 9.13 Å². The first kappa shape index (κ1) is 28.8. The van der Waals surface area contributed by atoms with Crippen LogP contribution in [0.25, 0.3) is 77.2 Å². The molecular formula is C45H25N5. The highest BCUT2D eigenvalue weighted by atomic mass is 15.0. The van der Waals surface area contributed by atoms with E-state index in [1.54, 1.807) is 12.1 Å². The lowest BCUT2D eigenvalue weighted by Crippen LogP contribution is -2.02. The van der Waals surface area contributed by atoms with Crippen LogP contribution in [0.1, 0.15) is 16.7 Å². The van der Waals surface area contributed by atoms with Crippen molar-refractivity contribution >= 4 is 43.6 Å². The quantitative estimate of drug-likeness (QED) is 0.193. The van der Waals surface area contributed by atoms with E-state index < -0.39 is 0 Å². The van der Waals surface area contributed by atoms with Crippen LogP contribution in [0.5, 0.6) is 0 Å². The van der Waals surface area contributed by atoms with Gasteiger partial charge in [0, 0.05) is 32.8 Å². The molecular weight excluding hydrogens is 611 g/mol. The normalized spacial score (nSPS) is 11.1. The van der Waals surface area contributed by atoms with Crippen molar-refractivity contribution in [1.29, 1.82) is 15.8 Å². The van der Waals surface area contributed by atoms with Gasteiger partial charge in [-0.1, -0.05) is 91.0 Å². The van der Waals surface area contributed by atoms with E-state index in [0.29, 0.717) is 22.4 Å². The van der Waals surface area contributed by atoms with Crippen LogP contribution in [-0.2, 0) is 0 Å². The molecule has 50 heavy (non-hydrogen) atoms. The topological polar surface area (TPSA) is 81.2 Å². The molecule has 0 spiro atoms. The highest BCUT2D eigenvalue weighted by Crippen LogP contribution is 2.39. The minimum atomic E-state index is 0.399. The first-order chi connectivity index (χ1) is 24.7. The molecule has 0 fully saturated rings. The minimum Gasteiger partial charge on any atom is -0.309 e. The van der Waals surface area contributed by atoms with Crippen molar-refractivity contribution in [3.63, 3.8) is 0 Å². The number of nitrogens with zero attached hydrogens (tertiary/aromatic N) is 5. The zero-order valence-electron chi connectivity index (χ0n) is 26.7. The lowest BCUT2D eigenvalue weighted by atomic mass is 9.95. The average Bonchev–Trinajstić information content (AvgIpc) is 3.70. The van der Waals surface area contributed by atoms with E-state index in [4.69, 9.17) is 0 Å². The largest absolute Gasteiger partial charge is 0.309 e. The number of hydrogen-bond donors (Lipinski definition) is 0. The van der Waals surface area contributed by atoms with Crippen LogP contribution in [0.3, 0.4) is 0 Å². The SMILES string of the molecule is N#Cc1cc(C#N)c(-n2c3ccccc3c3cc(C#N)ccc32)c(-c2ccc(-c3ccc(-n4c5ccccc5c5ccccc54)cc3)cc2)c1. The standard InChI is InChI=1S/C45H25N5/c46-26-29-13-22-44-40(24-29)38-9-3-6-12-43(38)50(44)45-34(28-48)23-30(27-47)25-39(45)33-16-14-31(15-17-33)32-18-20-35(21-19-32)49-41-10-4-1-7-36(41)37-8-2-5-11-42(37)49/h1-25H. The van der Waals surface area contributed by atoms with E-state index in [0.717, 1.165) is 49.7 Å². The van der Waals surface area contributed by atoms with E-state index in [1.165, 1.54) is 21.8 Å². The maximum atomic E-state index is 10.4. The molecule has 5 heteroatoms. The van der Waals surface area contributed by atoms with E-state index in [1.807, 2.05) is 42.5 Å². The second-order valence-electron chi connectivity index (χ2n) is 12.3.